The molecule has 0 spiro atoms. The third-order valence-corrected chi connectivity index (χ3v) is 4.76. The lowest BCUT2D eigenvalue weighted by Gasteiger charge is -2.12. The van der Waals surface area contributed by atoms with Crippen LogP contribution < -0.4 is 22.1 Å². The minimum atomic E-state index is -0.598. The Hall–Kier alpha value is -1.76. The van der Waals surface area contributed by atoms with Crippen LogP contribution in [0, 0.1) is 0 Å². The van der Waals surface area contributed by atoms with E-state index in [0.717, 1.165) is 19.3 Å². The fourth-order valence-corrected chi connectivity index (χ4v) is 3.65. The number of hydrogen-bond donors (Lipinski definition) is 4. The zero-order valence-corrected chi connectivity index (χ0v) is 13.0. The average Bonchev–Trinajstić information content (AvgIpc) is 3.04. The Kier molecular flexibility index (Phi) is 5.06. The molecule has 1 fully saturated rings. The van der Waals surface area contributed by atoms with Gasteiger partial charge in [0, 0.05) is 12.6 Å². The van der Waals surface area contributed by atoms with E-state index < -0.39 is 5.91 Å². The summed E-state index contributed by atoms with van der Waals surface area (Å²) in [6.45, 7) is 2.55. The Morgan fingerprint density at radius 2 is 2.00 bits per heavy atom. The van der Waals surface area contributed by atoms with Gasteiger partial charge in [-0.2, -0.15) is 0 Å². The van der Waals surface area contributed by atoms with E-state index in [1.165, 1.54) is 24.2 Å². The van der Waals surface area contributed by atoms with Crippen LogP contribution >= 0.6 is 11.3 Å². The summed E-state index contributed by atoms with van der Waals surface area (Å²) >= 11 is 1.21. The molecule has 1 heterocycles. The molecule has 1 aromatic heterocycles. The normalized spacial score (nSPS) is 15.1. The van der Waals surface area contributed by atoms with Crippen LogP contribution in [-0.4, -0.2) is 24.4 Å². The molecule has 0 radical (unpaired) electrons. The molecule has 2 amide bonds. The molecule has 116 valence electrons. The van der Waals surface area contributed by atoms with E-state index in [-0.39, 0.29) is 17.2 Å². The van der Waals surface area contributed by atoms with Crippen molar-refractivity contribution in [2.45, 2.75) is 45.1 Å². The van der Waals surface area contributed by atoms with Crippen LogP contribution in [0.1, 0.15) is 59.1 Å². The van der Waals surface area contributed by atoms with Crippen LogP contribution in [0.3, 0.4) is 0 Å². The number of carbonyl (C=O) groups is 2. The van der Waals surface area contributed by atoms with Gasteiger partial charge in [0.25, 0.3) is 11.8 Å². The van der Waals surface area contributed by atoms with Crippen LogP contribution in [0.25, 0.3) is 0 Å². The molecule has 2 rings (SSSR count). The molecule has 0 atom stereocenters. The van der Waals surface area contributed by atoms with Gasteiger partial charge >= 0.3 is 0 Å². The molecule has 0 saturated heterocycles. The summed E-state index contributed by atoms with van der Waals surface area (Å²) in [6.07, 6.45) is 5.32. The Balaban J connectivity index is 2.26. The zero-order valence-electron chi connectivity index (χ0n) is 12.2. The van der Waals surface area contributed by atoms with Gasteiger partial charge in [0.15, 0.2) is 0 Å². The lowest BCUT2D eigenvalue weighted by Crippen LogP contribution is -2.24. The Labute approximate surface area is 128 Å². The Morgan fingerprint density at radius 1 is 1.33 bits per heavy atom. The largest absolute Gasteiger partial charge is 0.397 e. The van der Waals surface area contributed by atoms with Crippen molar-refractivity contribution in [1.29, 1.82) is 0 Å². The van der Waals surface area contributed by atoms with Crippen molar-refractivity contribution in [2.75, 3.05) is 17.6 Å². The first kappa shape index (κ1) is 15.6. The first-order chi connectivity index (χ1) is 10.0. The predicted molar refractivity (Wildman–Crippen MR) is 85.8 cm³/mol. The standard InChI is InChI=1S/C14H22N4O2S/c1-2-7-17-13(20)11-10(15)9(12(16)19)14(21-11)18-8-5-3-4-6-8/h8,18H,2-7,15H2,1H3,(H2,16,19)(H,17,20). The fourth-order valence-electron chi connectivity index (χ4n) is 2.53. The molecule has 6 N–H and O–H groups in total. The van der Waals surface area contributed by atoms with Crippen LogP contribution in [0.15, 0.2) is 0 Å². The van der Waals surface area contributed by atoms with Gasteiger partial charge in [0.1, 0.15) is 9.88 Å². The Bertz CT molecular complexity index is 535. The smallest absolute Gasteiger partial charge is 0.263 e. The molecule has 1 saturated carbocycles. The summed E-state index contributed by atoms with van der Waals surface area (Å²) < 4.78 is 0. The highest BCUT2D eigenvalue weighted by atomic mass is 32.1. The number of hydrogen-bond acceptors (Lipinski definition) is 5. The second-order valence-electron chi connectivity index (χ2n) is 5.29. The van der Waals surface area contributed by atoms with E-state index in [4.69, 9.17) is 11.5 Å². The van der Waals surface area contributed by atoms with Gasteiger partial charge < -0.3 is 22.1 Å². The first-order valence-electron chi connectivity index (χ1n) is 7.31. The second-order valence-corrected chi connectivity index (χ2v) is 6.32. The number of anilines is 2. The predicted octanol–water partition coefficient (Wildman–Crippen LogP) is 1.92. The highest BCUT2D eigenvalue weighted by Gasteiger charge is 2.26. The lowest BCUT2D eigenvalue weighted by atomic mass is 10.2. The number of rotatable bonds is 6. The maximum absolute atomic E-state index is 12.1. The van der Waals surface area contributed by atoms with Crippen molar-refractivity contribution in [3.63, 3.8) is 0 Å². The Morgan fingerprint density at radius 3 is 2.57 bits per heavy atom. The maximum atomic E-state index is 12.1. The van der Waals surface area contributed by atoms with Crippen LogP contribution in [0.4, 0.5) is 10.7 Å². The first-order valence-corrected chi connectivity index (χ1v) is 8.13. The van der Waals surface area contributed by atoms with Gasteiger partial charge in [-0.1, -0.05) is 19.8 Å². The van der Waals surface area contributed by atoms with Gasteiger partial charge in [-0.15, -0.1) is 11.3 Å². The molecule has 6 nitrogen and oxygen atoms in total. The topological polar surface area (TPSA) is 110 Å². The van der Waals surface area contributed by atoms with Crippen molar-refractivity contribution in [3.8, 4) is 0 Å². The van der Waals surface area contributed by atoms with E-state index in [2.05, 4.69) is 10.6 Å². The molecule has 21 heavy (non-hydrogen) atoms. The number of primary amides is 1. The SMILES string of the molecule is CCCNC(=O)c1sc(NC2CCCC2)c(C(N)=O)c1N. The van der Waals surface area contributed by atoms with Crippen LogP contribution in [-0.2, 0) is 0 Å². The lowest BCUT2D eigenvalue weighted by molar-refractivity contribution is 0.0958. The molecule has 7 heteroatoms. The molecule has 1 aliphatic carbocycles. The molecule has 0 unspecified atom stereocenters. The van der Waals surface area contributed by atoms with Crippen molar-refractivity contribution in [1.82, 2.24) is 5.32 Å². The minimum absolute atomic E-state index is 0.182. The van der Waals surface area contributed by atoms with Crippen LogP contribution in [0.2, 0.25) is 0 Å². The van der Waals surface area contributed by atoms with E-state index >= 15 is 0 Å². The molecular formula is C14H22N4O2S. The molecule has 0 bridgehead atoms. The molecule has 0 aromatic carbocycles. The maximum Gasteiger partial charge on any atom is 0.263 e. The number of nitrogen functional groups attached to an aromatic ring is 1. The van der Waals surface area contributed by atoms with Gasteiger partial charge in [0.05, 0.1) is 11.3 Å². The fraction of sp³-hybridized carbons (Fsp3) is 0.571. The van der Waals surface area contributed by atoms with E-state index in [9.17, 15) is 9.59 Å². The third kappa shape index (κ3) is 3.47. The summed E-state index contributed by atoms with van der Waals surface area (Å²) in [7, 11) is 0. The zero-order chi connectivity index (χ0) is 15.4. The van der Waals surface area contributed by atoms with Gasteiger partial charge in [0.2, 0.25) is 0 Å². The van der Waals surface area contributed by atoms with Gasteiger partial charge in [-0.3, -0.25) is 9.59 Å². The van der Waals surface area contributed by atoms with E-state index in [0.29, 0.717) is 22.5 Å². The van der Waals surface area contributed by atoms with Gasteiger partial charge in [-0.05, 0) is 19.3 Å². The number of carbonyl (C=O) groups excluding carboxylic acids is 2. The molecule has 0 aliphatic heterocycles. The van der Waals surface area contributed by atoms with Crippen molar-refractivity contribution in [2.24, 2.45) is 5.73 Å². The average molecular weight is 310 g/mol. The van der Waals surface area contributed by atoms with Gasteiger partial charge in [-0.25, -0.2) is 0 Å². The summed E-state index contributed by atoms with van der Waals surface area (Å²) in [5.41, 5.74) is 11.8. The number of amides is 2. The van der Waals surface area contributed by atoms with Crippen molar-refractivity contribution >= 4 is 33.8 Å². The molecule has 1 aromatic rings. The van der Waals surface area contributed by atoms with Crippen molar-refractivity contribution < 1.29 is 9.59 Å². The molecule has 1 aliphatic rings. The summed E-state index contributed by atoms with van der Waals surface area (Å²) in [5.74, 6) is -0.847. The number of nitrogens with one attached hydrogen (secondary N) is 2. The summed E-state index contributed by atoms with van der Waals surface area (Å²) in [4.78, 5) is 24.1. The summed E-state index contributed by atoms with van der Waals surface area (Å²) in [5, 5.41) is 6.71. The molecular weight excluding hydrogens is 288 g/mol. The summed E-state index contributed by atoms with van der Waals surface area (Å²) in [6, 6.07) is 0.327. The van der Waals surface area contributed by atoms with E-state index in [1.807, 2.05) is 6.92 Å². The highest BCUT2D eigenvalue weighted by molar-refractivity contribution is 7.19. The number of thiophene rings is 1. The highest BCUT2D eigenvalue weighted by Crippen LogP contribution is 2.37. The van der Waals surface area contributed by atoms with Crippen molar-refractivity contribution in [3.05, 3.63) is 10.4 Å². The second kappa shape index (κ2) is 6.80. The minimum Gasteiger partial charge on any atom is -0.397 e. The van der Waals surface area contributed by atoms with Crippen LogP contribution in [0.5, 0.6) is 0 Å². The quantitative estimate of drug-likeness (QED) is 0.643. The van der Waals surface area contributed by atoms with E-state index in [1.54, 1.807) is 0 Å². The monoisotopic (exact) mass is 310 g/mol. The number of nitrogens with two attached hydrogens (primary N) is 2. The third-order valence-electron chi connectivity index (χ3n) is 3.62.